The smallest absolute Gasteiger partial charge is 0.225 e. The predicted molar refractivity (Wildman–Crippen MR) is 102 cm³/mol. The van der Waals surface area contributed by atoms with Gasteiger partial charge in [0.2, 0.25) is 11.8 Å². The molecular formula is C19H34N2O4S. The molecule has 26 heavy (non-hydrogen) atoms. The molecule has 1 aliphatic heterocycles. The van der Waals surface area contributed by atoms with Crippen molar-refractivity contribution in [2.24, 2.45) is 11.8 Å². The zero-order chi connectivity index (χ0) is 19.2. The van der Waals surface area contributed by atoms with Crippen LogP contribution in [0.15, 0.2) is 0 Å². The second-order valence-corrected chi connectivity index (χ2v) is 9.96. The Kier molecular flexibility index (Phi) is 7.92. The van der Waals surface area contributed by atoms with Crippen LogP contribution in [0.1, 0.15) is 65.2 Å². The van der Waals surface area contributed by atoms with Crippen molar-refractivity contribution in [3.8, 4) is 0 Å². The van der Waals surface area contributed by atoms with E-state index < -0.39 is 9.84 Å². The molecule has 1 heterocycles. The van der Waals surface area contributed by atoms with E-state index in [-0.39, 0.29) is 41.2 Å². The third-order valence-corrected chi connectivity index (χ3v) is 7.55. The zero-order valence-corrected chi connectivity index (χ0v) is 17.0. The lowest BCUT2D eigenvalue weighted by atomic mass is 9.80. The first-order valence-electron chi connectivity index (χ1n) is 10.2. The summed E-state index contributed by atoms with van der Waals surface area (Å²) in [6.45, 7) is 5.35. The van der Waals surface area contributed by atoms with Crippen molar-refractivity contribution < 1.29 is 18.0 Å². The Bertz CT molecular complexity index is 582. The molecule has 1 aliphatic carbocycles. The number of unbranched alkanes of at least 4 members (excludes halogenated alkanes) is 2. The van der Waals surface area contributed by atoms with Crippen LogP contribution in [0, 0.1) is 11.8 Å². The highest BCUT2D eigenvalue weighted by Gasteiger charge is 2.38. The maximum Gasteiger partial charge on any atom is 0.225 e. The van der Waals surface area contributed by atoms with Crippen LogP contribution in [0.3, 0.4) is 0 Å². The SMILES string of the molecule is CCCCCNC(=O)C1CCC(C(=O)N(CC)C2CCS(=O)(=O)C2)CC1. The number of hydrogen-bond acceptors (Lipinski definition) is 4. The molecule has 2 rings (SSSR count). The van der Waals surface area contributed by atoms with E-state index in [4.69, 9.17) is 0 Å². The zero-order valence-electron chi connectivity index (χ0n) is 16.2. The summed E-state index contributed by atoms with van der Waals surface area (Å²) in [7, 11) is -2.99. The van der Waals surface area contributed by atoms with Crippen LogP contribution in [0.5, 0.6) is 0 Å². The maximum absolute atomic E-state index is 12.9. The topological polar surface area (TPSA) is 83.6 Å². The van der Waals surface area contributed by atoms with E-state index in [1.807, 2.05) is 6.92 Å². The van der Waals surface area contributed by atoms with Crippen molar-refractivity contribution in [2.45, 2.75) is 71.3 Å². The molecule has 2 aliphatic rings. The number of hydrogen-bond donors (Lipinski definition) is 1. The Balaban J connectivity index is 1.80. The third kappa shape index (κ3) is 5.69. The number of nitrogens with one attached hydrogen (secondary N) is 1. The molecule has 1 atom stereocenters. The van der Waals surface area contributed by atoms with Gasteiger partial charge in [0.1, 0.15) is 0 Å². The van der Waals surface area contributed by atoms with Crippen molar-refractivity contribution in [3.05, 3.63) is 0 Å². The Labute approximate surface area is 158 Å². The van der Waals surface area contributed by atoms with E-state index in [2.05, 4.69) is 12.2 Å². The summed E-state index contributed by atoms with van der Waals surface area (Å²) < 4.78 is 23.4. The van der Waals surface area contributed by atoms with Crippen molar-refractivity contribution >= 4 is 21.7 Å². The van der Waals surface area contributed by atoms with Crippen LogP contribution in [-0.4, -0.2) is 55.8 Å². The summed E-state index contributed by atoms with van der Waals surface area (Å²) in [4.78, 5) is 26.9. The van der Waals surface area contributed by atoms with E-state index in [1.165, 1.54) is 0 Å². The lowest BCUT2D eigenvalue weighted by molar-refractivity contribution is -0.140. The normalized spacial score (nSPS) is 27.8. The van der Waals surface area contributed by atoms with Gasteiger partial charge >= 0.3 is 0 Å². The number of rotatable bonds is 8. The highest BCUT2D eigenvalue weighted by Crippen LogP contribution is 2.31. The molecule has 0 spiro atoms. The van der Waals surface area contributed by atoms with Gasteiger partial charge in [-0.2, -0.15) is 0 Å². The van der Waals surface area contributed by atoms with Gasteiger partial charge in [0.05, 0.1) is 11.5 Å². The monoisotopic (exact) mass is 386 g/mol. The summed E-state index contributed by atoms with van der Waals surface area (Å²) in [6, 6.07) is -0.169. The van der Waals surface area contributed by atoms with Crippen LogP contribution in [0.2, 0.25) is 0 Å². The molecule has 150 valence electrons. The minimum Gasteiger partial charge on any atom is -0.356 e. The molecule has 6 nitrogen and oxygen atoms in total. The van der Waals surface area contributed by atoms with E-state index in [9.17, 15) is 18.0 Å². The van der Waals surface area contributed by atoms with Gasteiger partial charge in [-0.15, -0.1) is 0 Å². The van der Waals surface area contributed by atoms with Gasteiger partial charge in [-0.25, -0.2) is 8.42 Å². The van der Waals surface area contributed by atoms with Gasteiger partial charge in [-0.05, 0) is 45.4 Å². The Hall–Kier alpha value is -1.11. The molecule has 0 radical (unpaired) electrons. The first kappa shape index (κ1) is 21.2. The number of carbonyl (C=O) groups excluding carboxylic acids is 2. The predicted octanol–water partition coefficient (Wildman–Crippen LogP) is 2.13. The van der Waals surface area contributed by atoms with Crippen LogP contribution < -0.4 is 5.32 Å². The first-order chi connectivity index (χ1) is 12.4. The Morgan fingerprint density at radius 3 is 2.19 bits per heavy atom. The largest absolute Gasteiger partial charge is 0.356 e. The molecule has 2 amide bonds. The summed E-state index contributed by atoms with van der Waals surface area (Å²) in [6.07, 6.45) is 6.78. The summed E-state index contributed by atoms with van der Waals surface area (Å²) in [5.74, 6) is 0.441. The van der Waals surface area contributed by atoms with Crippen LogP contribution in [0.4, 0.5) is 0 Å². The van der Waals surface area contributed by atoms with E-state index in [0.717, 1.165) is 51.5 Å². The number of nitrogens with zero attached hydrogens (tertiary/aromatic N) is 1. The van der Waals surface area contributed by atoms with Gasteiger partial charge in [-0.1, -0.05) is 19.8 Å². The third-order valence-electron chi connectivity index (χ3n) is 5.80. The van der Waals surface area contributed by atoms with Gasteiger partial charge in [-0.3, -0.25) is 9.59 Å². The molecule has 0 aromatic heterocycles. The Morgan fingerprint density at radius 1 is 1.00 bits per heavy atom. The highest BCUT2D eigenvalue weighted by atomic mass is 32.2. The lowest BCUT2D eigenvalue weighted by Crippen LogP contribution is -2.45. The second kappa shape index (κ2) is 9.72. The molecule has 7 heteroatoms. The average molecular weight is 387 g/mol. The second-order valence-electron chi connectivity index (χ2n) is 7.73. The number of carbonyl (C=O) groups is 2. The fourth-order valence-electron chi connectivity index (χ4n) is 4.18. The highest BCUT2D eigenvalue weighted by molar-refractivity contribution is 7.91. The van der Waals surface area contributed by atoms with Crippen LogP contribution in [-0.2, 0) is 19.4 Å². The van der Waals surface area contributed by atoms with Gasteiger partial charge in [0, 0.05) is 31.0 Å². The van der Waals surface area contributed by atoms with Gasteiger partial charge < -0.3 is 10.2 Å². The van der Waals surface area contributed by atoms with Crippen molar-refractivity contribution in [1.82, 2.24) is 10.2 Å². The summed E-state index contributed by atoms with van der Waals surface area (Å²) >= 11 is 0. The number of sulfone groups is 1. The minimum absolute atomic E-state index is 0.0163. The van der Waals surface area contributed by atoms with E-state index >= 15 is 0 Å². The number of amides is 2. The molecule has 1 N–H and O–H groups in total. The summed E-state index contributed by atoms with van der Waals surface area (Å²) in [5, 5.41) is 3.02. The summed E-state index contributed by atoms with van der Waals surface area (Å²) in [5.41, 5.74) is 0. The maximum atomic E-state index is 12.9. The first-order valence-corrected chi connectivity index (χ1v) is 12.0. The van der Waals surface area contributed by atoms with Crippen LogP contribution >= 0.6 is 0 Å². The average Bonchev–Trinajstić information content (AvgIpc) is 2.98. The van der Waals surface area contributed by atoms with Gasteiger partial charge in [0.15, 0.2) is 9.84 Å². The standard InChI is InChI=1S/C19H34N2O4S/c1-3-5-6-12-20-18(22)15-7-9-16(10-8-15)19(23)21(4-2)17-11-13-26(24,25)14-17/h15-17H,3-14H2,1-2H3,(H,20,22). The fraction of sp³-hybridized carbons (Fsp3) is 0.895. The molecule has 0 aromatic rings. The molecule has 1 unspecified atom stereocenters. The molecule has 0 aromatic carbocycles. The molecular weight excluding hydrogens is 352 g/mol. The molecule has 1 saturated carbocycles. The van der Waals surface area contributed by atoms with Gasteiger partial charge in [0.25, 0.3) is 0 Å². The Morgan fingerprint density at radius 2 is 1.65 bits per heavy atom. The van der Waals surface area contributed by atoms with E-state index in [0.29, 0.717) is 13.0 Å². The van der Waals surface area contributed by atoms with Crippen molar-refractivity contribution in [2.75, 3.05) is 24.6 Å². The van der Waals surface area contributed by atoms with Crippen molar-refractivity contribution in [3.63, 3.8) is 0 Å². The lowest BCUT2D eigenvalue weighted by Gasteiger charge is -2.34. The molecule has 1 saturated heterocycles. The fourth-order valence-corrected chi connectivity index (χ4v) is 5.91. The molecule has 0 bridgehead atoms. The minimum atomic E-state index is -2.99. The van der Waals surface area contributed by atoms with Crippen LogP contribution in [0.25, 0.3) is 0 Å². The molecule has 2 fully saturated rings. The van der Waals surface area contributed by atoms with Crippen molar-refractivity contribution in [1.29, 1.82) is 0 Å². The quantitative estimate of drug-likeness (QED) is 0.648. The van der Waals surface area contributed by atoms with E-state index in [1.54, 1.807) is 4.90 Å².